The van der Waals surface area contributed by atoms with Gasteiger partial charge in [-0.25, -0.2) is 0 Å². The Morgan fingerprint density at radius 2 is 1.69 bits per heavy atom. The molecule has 1 atom stereocenters. The third-order valence-corrected chi connectivity index (χ3v) is 2.51. The topological polar surface area (TPSA) is 23.1 Å². The van der Waals surface area contributed by atoms with Crippen LogP contribution in [0.5, 0.6) is 0 Å². The molecule has 0 bridgehead atoms. The molecule has 0 aliphatic heterocycles. The summed E-state index contributed by atoms with van der Waals surface area (Å²) in [5.41, 5.74) is -4.19. The fraction of sp³-hybridized carbons (Fsp3) is 0.250. The molecule has 1 nitrogen and oxygen atoms in total. The number of hydrogen-bond donors (Lipinski definition) is 0. The minimum Gasteiger partial charge on any atom is -0.609 e. The summed E-state index contributed by atoms with van der Waals surface area (Å²) in [7, 11) is 0. The first-order valence-corrected chi connectivity index (χ1v) is 4.81. The molecule has 1 aromatic rings. The van der Waals surface area contributed by atoms with E-state index >= 15 is 0 Å². The van der Waals surface area contributed by atoms with Crippen LogP contribution in [-0.4, -0.2) is 10.1 Å². The van der Waals surface area contributed by atoms with Gasteiger partial charge in [0.2, 0.25) is 0 Å². The zero-order valence-corrected chi connectivity index (χ0v) is 7.36. The minimum absolute atomic E-state index is 0.429. The van der Waals surface area contributed by atoms with Crippen LogP contribution in [0.25, 0.3) is 0 Å². The lowest BCUT2D eigenvalue weighted by Gasteiger charge is -2.12. The molecule has 5 heteroatoms. The van der Waals surface area contributed by atoms with E-state index in [-0.39, 0.29) is 0 Å². The molecule has 72 valence electrons. The number of halogens is 3. The second kappa shape index (κ2) is 4.02. The lowest BCUT2D eigenvalue weighted by atomic mass is 10.2. The molecule has 1 aromatic carbocycles. The van der Waals surface area contributed by atoms with Crippen LogP contribution >= 0.6 is 0 Å². The molecule has 0 aliphatic carbocycles. The van der Waals surface area contributed by atoms with Crippen molar-refractivity contribution in [3.63, 3.8) is 0 Å². The van der Waals surface area contributed by atoms with Gasteiger partial charge in [-0.15, -0.1) is 13.2 Å². The Hall–Kier alpha value is -0.680. The summed E-state index contributed by atoms with van der Waals surface area (Å²) in [6.45, 7) is 0. The molecule has 1 rings (SSSR count). The summed E-state index contributed by atoms with van der Waals surface area (Å²) in [6, 6.07) is 7.96. The van der Waals surface area contributed by atoms with Crippen molar-refractivity contribution >= 4 is 11.2 Å². The summed E-state index contributed by atoms with van der Waals surface area (Å²) in [4.78, 5) is 0. The van der Waals surface area contributed by atoms with Crippen LogP contribution in [-0.2, 0) is 16.9 Å². The van der Waals surface area contributed by atoms with E-state index in [1.54, 1.807) is 18.2 Å². The average molecular weight is 208 g/mol. The maximum Gasteiger partial charge on any atom is 0.572 e. The molecule has 0 aromatic heterocycles. The van der Waals surface area contributed by atoms with Gasteiger partial charge in [0.15, 0.2) is 0 Å². The van der Waals surface area contributed by atoms with Crippen molar-refractivity contribution in [2.45, 2.75) is 11.3 Å². The second-order valence-electron chi connectivity index (χ2n) is 2.42. The van der Waals surface area contributed by atoms with E-state index in [0.29, 0.717) is 5.56 Å². The first-order valence-electron chi connectivity index (χ1n) is 3.49. The average Bonchev–Trinajstić information content (AvgIpc) is 2.04. The molecular formula is C8H7F3OS. The van der Waals surface area contributed by atoms with Gasteiger partial charge in [0.05, 0.1) is 11.2 Å². The zero-order chi connectivity index (χ0) is 9.90. The lowest BCUT2D eigenvalue weighted by molar-refractivity contribution is -0.0436. The molecule has 0 fully saturated rings. The van der Waals surface area contributed by atoms with Crippen molar-refractivity contribution in [2.24, 2.45) is 0 Å². The van der Waals surface area contributed by atoms with Crippen molar-refractivity contribution < 1.29 is 17.7 Å². The normalized spacial score (nSPS) is 14.2. The third kappa shape index (κ3) is 3.28. The fourth-order valence-electron chi connectivity index (χ4n) is 0.807. The van der Waals surface area contributed by atoms with Crippen molar-refractivity contribution in [1.82, 2.24) is 0 Å². The first kappa shape index (κ1) is 10.4. The Kier molecular flexibility index (Phi) is 3.22. The lowest BCUT2D eigenvalue weighted by Crippen LogP contribution is -2.24. The van der Waals surface area contributed by atoms with E-state index < -0.39 is 22.4 Å². The second-order valence-corrected chi connectivity index (χ2v) is 3.86. The number of alkyl halides is 3. The van der Waals surface area contributed by atoms with Gasteiger partial charge in [-0.3, -0.25) is 0 Å². The largest absolute Gasteiger partial charge is 0.609 e. The SMILES string of the molecule is [O-][S+](Cc1ccccc1)C(F)(F)F. The van der Waals surface area contributed by atoms with Crippen molar-refractivity contribution in [3.8, 4) is 0 Å². The molecule has 0 saturated carbocycles. The van der Waals surface area contributed by atoms with Gasteiger partial charge >= 0.3 is 5.51 Å². The van der Waals surface area contributed by atoms with Crippen LogP contribution in [0, 0.1) is 0 Å². The molecule has 0 radical (unpaired) electrons. The summed E-state index contributed by atoms with van der Waals surface area (Å²) in [5.74, 6) is -0.468. The smallest absolute Gasteiger partial charge is 0.572 e. The van der Waals surface area contributed by atoms with Crippen LogP contribution in [0.1, 0.15) is 5.56 Å². The van der Waals surface area contributed by atoms with Crippen molar-refractivity contribution in [2.75, 3.05) is 0 Å². The predicted molar refractivity (Wildman–Crippen MR) is 44.3 cm³/mol. The van der Waals surface area contributed by atoms with E-state index in [4.69, 9.17) is 0 Å². The Morgan fingerprint density at radius 1 is 1.15 bits per heavy atom. The predicted octanol–water partition coefficient (Wildman–Crippen LogP) is 2.46. The van der Waals surface area contributed by atoms with Gasteiger partial charge in [0.25, 0.3) is 0 Å². The highest BCUT2D eigenvalue weighted by atomic mass is 32.2. The Labute approximate surface area is 76.8 Å². The number of benzene rings is 1. The van der Waals surface area contributed by atoms with Crippen LogP contribution in [0.15, 0.2) is 30.3 Å². The highest BCUT2D eigenvalue weighted by Crippen LogP contribution is 2.26. The van der Waals surface area contributed by atoms with Gasteiger partial charge in [0.1, 0.15) is 5.75 Å². The summed E-state index contributed by atoms with van der Waals surface area (Å²) < 4.78 is 46.1. The third-order valence-electron chi connectivity index (χ3n) is 1.40. The van der Waals surface area contributed by atoms with Gasteiger partial charge < -0.3 is 4.55 Å². The maximum absolute atomic E-state index is 11.8. The van der Waals surface area contributed by atoms with E-state index in [1.807, 2.05) is 0 Å². The highest BCUT2D eigenvalue weighted by Gasteiger charge is 2.43. The van der Waals surface area contributed by atoms with Crippen molar-refractivity contribution in [3.05, 3.63) is 35.9 Å². The molecule has 0 amide bonds. The molecule has 0 aliphatic rings. The van der Waals surface area contributed by atoms with Crippen molar-refractivity contribution in [1.29, 1.82) is 0 Å². The molecule has 0 N–H and O–H groups in total. The minimum atomic E-state index is -4.62. The number of rotatable bonds is 2. The Balaban J connectivity index is 2.61. The summed E-state index contributed by atoms with van der Waals surface area (Å²) >= 11 is -2.79. The molecule has 13 heavy (non-hydrogen) atoms. The van der Waals surface area contributed by atoms with Gasteiger partial charge in [-0.1, -0.05) is 30.3 Å². The van der Waals surface area contributed by atoms with Gasteiger partial charge in [-0.2, -0.15) is 0 Å². The quantitative estimate of drug-likeness (QED) is 0.684. The molecule has 0 spiro atoms. The monoisotopic (exact) mass is 208 g/mol. The maximum atomic E-state index is 11.8. The highest BCUT2D eigenvalue weighted by molar-refractivity contribution is 7.91. The van der Waals surface area contributed by atoms with Crippen LogP contribution in [0.2, 0.25) is 0 Å². The first-order chi connectivity index (χ1) is 6.00. The van der Waals surface area contributed by atoms with E-state index in [1.165, 1.54) is 12.1 Å². The Morgan fingerprint density at radius 3 is 2.15 bits per heavy atom. The molecule has 1 unspecified atom stereocenters. The Bertz CT molecular complexity index is 260. The van der Waals surface area contributed by atoms with Crippen LogP contribution in [0.3, 0.4) is 0 Å². The van der Waals surface area contributed by atoms with Gasteiger partial charge in [-0.05, 0) is 0 Å². The molecule has 0 saturated heterocycles. The standard InChI is InChI=1S/C8H7F3OS/c9-8(10,11)13(12)6-7-4-2-1-3-5-7/h1-5H,6H2. The fourth-order valence-corrected chi connectivity index (χ4v) is 1.47. The molecular weight excluding hydrogens is 201 g/mol. The van der Waals surface area contributed by atoms with Gasteiger partial charge in [0, 0.05) is 5.56 Å². The molecule has 0 heterocycles. The van der Waals surface area contributed by atoms with E-state index in [0.717, 1.165) is 0 Å². The van der Waals surface area contributed by atoms with E-state index in [2.05, 4.69) is 0 Å². The van der Waals surface area contributed by atoms with Crippen LogP contribution in [0.4, 0.5) is 13.2 Å². The van der Waals surface area contributed by atoms with Crippen LogP contribution < -0.4 is 0 Å². The summed E-state index contributed by atoms with van der Waals surface area (Å²) in [5, 5.41) is 0. The zero-order valence-electron chi connectivity index (χ0n) is 6.54. The van der Waals surface area contributed by atoms with E-state index in [9.17, 15) is 17.7 Å². The number of hydrogen-bond acceptors (Lipinski definition) is 1. The summed E-state index contributed by atoms with van der Waals surface area (Å²) in [6.07, 6.45) is 0.